The van der Waals surface area contributed by atoms with Crippen LogP contribution in [-0.4, -0.2) is 27.7 Å². The summed E-state index contributed by atoms with van der Waals surface area (Å²) in [5, 5.41) is 11.2. The van der Waals surface area contributed by atoms with Crippen molar-refractivity contribution in [2.75, 3.05) is 0 Å². The first-order valence-corrected chi connectivity index (χ1v) is 10.1. The summed E-state index contributed by atoms with van der Waals surface area (Å²) in [6.07, 6.45) is 2.86. The van der Waals surface area contributed by atoms with Crippen LogP contribution in [0.2, 0.25) is 5.02 Å². The molecule has 1 aromatic heterocycles. The van der Waals surface area contributed by atoms with E-state index in [1.54, 1.807) is 47.9 Å². The number of benzene rings is 2. The number of hydrogen-bond acceptors (Lipinski definition) is 4. The lowest BCUT2D eigenvalue weighted by Gasteiger charge is -2.26. The molecule has 0 aliphatic heterocycles. The molecule has 1 saturated carbocycles. The van der Waals surface area contributed by atoms with Crippen LogP contribution in [0.4, 0.5) is 0 Å². The van der Waals surface area contributed by atoms with Gasteiger partial charge in [0, 0.05) is 21.7 Å². The molecule has 0 radical (unpaired) electrons. The zero-order chi connectivity index (χ0) is 20.7. The lowest BCUT2D eigenvalue weighted by molar-refractivity contribution is -0.154. The third-order valence-electron chi connectivity index (χ3n) is 5.65. The van der Waals surface area contributed by atoms with E-state index in [0.29, 0.717) is 32.7 Å². The Morgan fingerprint density at radius 1 is 1.17 bits per heavy atom. The Balaban J connectivity index is 1.81. The number of phenolic OH excluding ortho intramolecular Hbond substituents is 1. The summed E-state index contributed by atoms with van der Waals surface area (Å²) in [5.74, 6) is -1.01. The molecule has 0 amide bonds. The number of rotatable bonds is 4. The van der Waals surface area contributed by atoms with Gasteiger partial charge in [0.15, 0.2) is 0 Å². The Morgan fingerprint density at radius 2 is 1.86 bits per heavy atom. The van der Waals surface area contributed by atoms with E-state index in [0.717, 1.165) is 19.3 Å². The number of aromatic hydroxyl groups is 1. The molecule has 0 bridgehead atoms. The molecule has 2 aromatic carbocycles. The summed E-state index contributed by atoms with van der Waals surface area (Å²) < 4.78 is 7.18. The Hall–Kier alpha value is -2.79. The minimum atomic E-state index is -0.556. The first-order valence-electron chi connectivity index (χ1n) is 9.71. The number of esters is 1. The molecule has 4 rings (SSSR count). The van der Waals surface area contributed by atoms with E-state index in [1.165, 1.54) is 6.07 Å². The van der Waals surface area contributed by atoms with Gasteiger partial charge >= 0.3 is 5.97 Å². The topological polar surface area (TPSA) is 68.5 Å². The molecule has 1 heterocycles. The van der Waals surface area contributed by atoms with Gasteiger partial charge in [0.05, 0.1) is 11.4 Å². The van der Waals surface area contributed by atoms with Crippen molar-refractivity contribution in [3.8, 4) is 5.75 Å². The SMILES string of the molecule is Cc1c([C@H](C)C(=O)OC2CCC2)c2cc(O)ccc2n1C(=O)c1ccc(Cl)cc1. The van der Waals surface area contributed by atoms with E-state index in [9.17, 15) is 14.7 Å². The number of hydrogen-bond donors (Lipinski definition) is 1. The Bertz CT molecular complexity index is 1100. The van der Waals surface area contributed by atoms with E-state index in [2.05, 4.69) is 0 Å². The number of fused-ring (bicyclic) bond motifs is 1. The predicted molar refractivity (Wildman–Crippen MR) is 112 cm³/mol. The number of carbonyl (C=O) groups excluding carboxylic acids is 2. The molecule has 150 valence electrons. The highest BCUT2D eigenvalue weighted by Crippen LogP contribution is 2.36. The van der Waals surface area contributed by atoms with Crippen LogP contribution in [0.3, 0.4) is 0 Å². The fourth-order valence-corrected chi connectivity index (χ4v) is 3.96. The van der Waals surface area contributed by atoms with Crippen LogP contribution in [-0.2, 0) is 9.53 Å². The van der Waals surface area contributed by atoms with Gasteiger partial charge in [-0.15, -0.1) is 0 Å². The van der Waals surface area contributed by atoms with Crippen LogP contribution < -0.4 is 0 Å². The number of ether oxygens (including phenoxy) is 1. The van der Waals surface area contributed by atoms with Crippen molar-refractivity contribution in [3.63, 3.8) is 0 Å². The second-order valence-corrected chi connectivity index (χ2v) is 8.00. The van der Waals surface area contributed by atoms with E-state index in [-0.39, 0.29) is 23.7 Å². The van der Waals surface area contributed by atoms with Crippen molar-refractivity contribution in [1.29, 1.82) is 0 Å². The van der Waals surface area contributed by atoms with E-state index >= 15 is 0 Å². The molecule has 29 heavy (non-hydrogen) atoms. The molecule has 0 spiro atoms. The third-order valence-corrected chi connectivity index (χ3v) is 5.90. The molecule has 0 saturated heterocycles. The van der Waals surface area contributed by atoms with Crippen LogP contribution >= 0.6 is 11.6 Å². The maximum atomic E-state index is 13.3. The normalized spacial score (nSPS) is 15.1. The van der Waals surface area contributed by atoms with Crippen LogP contribution in [0, 0.1) is 6.92 Å². The van der Waals surface area contributed by atoms with E-state index in [1.807, 2.05) is 6.92 Å². The van der Waals surface area contributed by atoms with Crippen LogP contribution in [0.25, 0.3) is 10.9 Å². The molecular weight excluding hydrogens is 390 g/mol. The number of phenols is 1. The molecule has 1 aliphatic carbocycles. The first kappa shape index (κ1) is 19.5. The summed E-state index contributed by atoms with van der Waals surface area (Å²) in [5.41, 5.74) is 2.48. The molecule has 3 aromatic rings. The van der Waals surface area contributed by atoms with Crippen molar-refractivity contribution in [2.45, 2.75) is 45.1 Å². The fraction of sp³-hybridized carbons (Fsp3) is 0.304. The van der Waals surface area contributed by atoms with Crippen LogP contribution in [0.5, 0.6) is 5.75 Å². The summed E-state index contributed by atoms with van der Waals surface area (Å²) in [6, 6.07) is 11.5. The highest BCUT2D eigenvalue weighted by molar-refractivity contribution is 6.30. The Labute approximate surface area is 173 Å². The van der Waals surface area contributed by atoms with Gasteiger partial charge in [-0.05, 0) is 81.1 Å². The van der Waals surface area contributed by atoms with Crippen LogP contribution in [0.15, 0.2) is 42.5 Å². The lowest BCUT2D eigenvalue weighted by Crippen LogP contribution is -2.27. The average Bonchev–Trinajstić information content (AvgIpc) is 2.95. The highest BCUT2D eigenvalue weighted by atomic mass is 35.5. The van der Waals surface area contributed by atoms with Gasteiger partial charge in [-0.1, -0.05) is 11.6 Å². The van der Waals surface area contributed by atoms with Crippen molar-refractivity contribution in [3.05, 3.63) is 64.3 Å². The number of aromatic nitrogens is 1. The Kier molecular flexibility index (Phi) is 5.09. The smallest absolute Gasteiger partial charge is 0.313 e. The van der Waals surface area contributed by atoms with Gasteiger partial charge in [-0.25, -0.2) is 0 Å². The summed E-state index contributed by atoms with van der Waals surface area (Å²) in [4.78, 5) is 26.0. The Morgan fingerprint density at radius 3 is 2.48 bits per heavy atom. The summed E-state index contributed by atoms with van der Waals surface area (Å²) >= 11 is 5.95. The van der Waals surface area contributed by atoms with Gasteiger partial charge in [-0.3, -0.25) is 14.2 Å². The molecule has 6 heteroatoms. The maximum Gasteiger partial charge on any atom is 0.313 e. The highest BCUT2D eigenvalue weighted by Gasteiger charge is 2.30. The van der Waals surface area contributed by atoms with E-state index < -0.39 is 5.92 Å². The number of carbonyl (C=O) groups is 2. The molecular formula is C23H22ClNO4. The fourth-order valence-electron chi connectivity index (χ4n) is 3.83. The van der Waals surface area contributed by atoms with E-state index in [4.69, 9.17) is 16.3 Å². The molecule has 1 N–H and O–H groups in total. The standard InChI is InChI=1S/C23H22ClNO4/c1-13(23(28)29-18-4-3-5-18)21-14(2)25(20-11-10-17(26)12-19(20)21)22(27)15-6-8-16(24)9-7-15/h6-13,18,26H,3-5H2,1-2H3/t13-/m0/s1. The molecule has 1 fully saturated rings. The molecule has 5 nitrogen and oxygen atoms in total. The minimum absolute atomic E-state index is 0.0114. The zero-order valence-electron chi connectivity index (χ0n) is 16.3. The minimum Gasteiger partial charge on any atom is -0.508 e. The average molecular weight is 412 g/mol. The van der Waals surface area contributed by atoms with Gasteiger partial charge in [-0.2, -0.15) is 0 Å². The van der Waals surface area contributed by atoms with Crippen LogP contribution in [0.1, 0.15) is 53.7 Å². The van der Waals surface area contributed by atoms with Crippen molar-refractivity contribution in [2.24, 2.45) is 0 Å². The second kappa shape index (κ2) is 7.56. The molecule has 0 unspecified atom stereocenters. The summed E-state index contributed by atoms with van der Waals surface area (Å²) in [7, 11) is 0. The quantitative estimate of drug-likeness (QED) is 0.599. The van der Waals surface area contributed by atoms with Gasteiger partial charge in [0.1, 0.15) is 11.9 Å². The predicted octanol–water partition coefficient (Wildman–Crippen LogP) is 5.20. The van der Waals surface area contributed by atoms with Crippen molar-refractivity contribution < 1.29 is 19.4 Å². The maximum absolute atomic E-state index is 13.3. The van der Waals surface area contributed by atoms with Gasteiger partial charge in [0.25, 0.3) is 5.91 Å². The van der Waals surface area contributed by atoms with Crippen molar-refractivity contribution >= 4 is 34.4 Å². The largest absolute Gasteiger partial charge is 0.508 e. The lowest BCUT2D eigenvalue weighted by atomic mass is 9.94. The third kappa shape index (κ3) is 3.51. The first-order chi connectivity index (χ1) is 13.9. The second-order valence-electron chi connectivity index (χ2n) is 7.56. The molecule has 1 aliphatic rings. The monoisotopic (exact) mass is 411 g/mol. The molecule has 1 atom stereocenters. The zero-order valence-corrected chi connectivity index (χ0v) is 17.1. The number of nitrogens with zero attached hydrogens (tertiary/aromatic N) is 1. The summed E-state index contributed by atoms with van der Waals surface area (Å²) in [6.45, 7) is 3.59. The van der Waals surface area contributed by atoms with Gasteiger partial charge < -0.3 is 9.84 Å². The van der Waals surface area contributed by atoms with Crippen molar-refractivity contribution in [1.82, 2.24) is 4.57 Å². The number of halogens is 1. The van der Waals surface area contributed by atoms with Gasteiger partial charge in [0.2, 0.25) is 0 Å².